The zero-order valence-electron chi connectivity index (χ0n) is 8.89. The highest BCUT2D eigenvalue weighted by Crippen LogP contribution is 2.12. The van der Waals surface area contributed by atoms with Gasteiger partial charge in [-0.2, -0.15) is 0 Å². The molecule has 0 aliphatic heterocycles. The number of carbonyl (C=O) groups excluding carboxylic acids is 1. The van der Waals surface area contributed by atoms with Crippen LogP contribution < -0.4 is 5.73 Å². The highest BCUT2D eigenvalue weighted by molar-refractivity contribution is 5.85. The van der Waals surface area contributed by atoms with Crippen LogP contribution in [0.25, 0.3) is 0 Å². The van der Waals surface area contributed by atoms with E-state index in [4.69, 9.17) is 5.73 Å². The van der Waals surface area contributed by atoms with Gasteiger partial charge in [0.1, 0.15) is 0 Å². The second kappa shape index (κ2) is 5.24. The van der Waals surface area contributed by atoms with Crippen molar-refractivity contribution in [3.8, 4) is 0 Å². The van der Waals surface area contributed by atoms with E-state index in [9.17, 15) is 13.6 Å². The fourth-order valence-electron chi connectivity index (χ4n) is 1.35. The second-order valence-electron chi connectivity index (χ2n) is 3.74. The van der Waals surface area contributed by atoms with Crippen LogP contribution in [0.4, 0.5) is 8.78 Å². The molecule has 2 N–H and O–H groups in total. The monoisotopic (exact) mass is 208 g/mol. The number of amides is 1. The fraction of sp³-hybridized carbons (Fsp3) is 0.889. The maximum Gasteiger partial charge on any atom is 0.255 e. The van der Waals surface area contributed by atoms with Gasteiger partial charge in [0.2, 0.25) is 5.91 Å². The van der Waals surface area contributed by atoms with Crippen LogP contribution in [0.3, 0.4) is 0 Å². The minimum atomic E-state index is -2.51. The van der Waals surface area contributed by atoms with Gasteiger partial charge in [0.05, 0.1) is 12.1 Å². The standard InChI is InChI=1S/C9H18F2N2O/c1-4-5-9(2,12)8(14)13(3)6-7(10)11/h7H,4-6,12H2,1-3H3. The van der Waals surface area contributed by atoms with Gasteiger partial charge in [-0.15, -0.1) is 0 Å². The van der Waals surface area contributed by atoms with E-state index < -0.39 is 24.4 Å². The maximum atomic E-state index is 12.0. The number of hydrogen-bond donors (Lipinski definition) is 1. The van der Waals surface area contributed by atoms with Crippen molar-refractivity contribution in [1.82, 2.24) is 4.90 Å². The number of alkyl halides is 2. The molecule has 0 radical (unpaired) electrons. The van der Waals surface area contributed by atoms with Crippen molar-refractivity contribution in [1.29, 1.82) is 0 Å². The van der Waals surface area contributed by atoms with E-state index in [-0.39, 0.29) is 0 Å². The lowest BCUT2D eigenvalue weighted by atomic mass is 9.96. The Bertz CT molecular complexity index is 195. The number of hydrogen-bond acceptors (Lipinski definition) is 2. The van der Waals surface area contributed by atoms with E-state index >= 15 is 0 Å². The summed E-state index contributed by atoms with van der Waals surface area (Å²) in [5.41, 5.74) is 4.68. The van der Waals surface area contributed by atoms with Gasteiger partial charge >= 0.3 is 0 Å². The summed E-state index contributed by atoms with van der Waals surface area (Å²) in [6.07, 6.45) is -1.26. The molecule has 14 heavy (non-hydrogen) atoms. The predicted molar refractivity (Wildman–Crippen MR) is 51.1 cm³/mol. The van der Waals surface area contributed by atoms with Crippen molar-refractivity contribution in [2.75, 3.05) is 13.6 Å². The SMILES string of the molecule is CCCC(C)(N)C(=O)N(C)CC(F)F. The first kappa shape index (κ1) is 13.3. The molecule has 1 atom stereocenters. The molecule has 0 heterocycles. The van der Waals surface area contributed by atoms with Gasteiger partial charge in [-0.1, -0.05) is 13.3 Å². The molecule has 0 aliphatic rings. The summed E-state index contributed by atoms with van der Waals surface area (Å²) in [6, 6.07) is 0. The van der Waals surface area contributed by atoms with E-state index in [0.717, 1.165) is 11.3 Å². The zero-order valence-corrected chi connectivity index (χ0v) is 8.89. The Morgan fingerprint density at radius 2 is 2.07 bits per heavy atom. The first-order valence-corrected chi connectivity index (χ1v) is 4.64. The average Bonchev–Trinajstić information content (AvgIpc) is 2.01. The third-order valence-corrected chi connectivity index (χ3v) is 2.02. The lowest BCUT2D eigenvalue weighted by Crippen LogP contribution is -2.52. The van der Waals surface area contributed by atoms with Crippen LogP contribution in [-0.2, 0) is 4.79 Å². The van der Waals surface area contributed by atoms with Crippen molar-refractivity contribution < 1.29 is 13.6 Å². The quantitative estimate of drug-likeness (QED) is 0.738. The largest absolute Gasteiger partial charge is 0.338 e. The molecule has 0 aliphatic carbocycles. The van der Waals surface area contributed by atoms with E-state index in [2.05, 4.69) is 0 Å². The Kier molecular flexibility index (Phi) is 4.97. The van der Waals surface area contributed by atoms with Crippen LogP contribution in [0, 0.1) is 0 Å². The molecule has 0 saturated heterocycles. The summed E-state index contributed by atoms with van der Waals surface area (Å²) in [4.78, 5) is 12.5. The first-order chi connectivity index (χ1) is 6.31. The van der Waals surface area contributed by atoms with Gasteiger partial charge in [0, 0.05) is 7.05 Å². The fourth-order valence-corrected chi connectivity index (χ4v) is 1.35. The van der Waals surface area contributed by atoms with Crippen LogP contribution in [0.2, 0.25) is 0 Å². The normalized spacial score (nSPS) is 15.4. The minimum Gasteiger partial charge on any atom is -0.338 e. The molecular weight excluding hydrogens is 190 g/mol. The summed E-state index contributed by atoms with van der Waals surface area (Å²) in [5.74, 6) is -0.431. The van der Waals surface area contributed by atoms with Crippen LogP contribution in [0.5, 0.6) is 0 Å². The maximum absolute atomic E-state index is 12.0. The third-order valence-electron chi connectivity index (χ3n) is 2.02. The van der Waals surface area contributed by atoms with Gasteiger partial charge in [0.15, 0.2) is 0 Å². The summed E-state index contributed by atoms with van der Waals surface area (Å²) >= 11 is 0. The molecule has 0 spiro atoms. The Balaban J connectivity index is 4.29. The van der Waals surface area contributed by atoms with E-state index in [1.165, 1.54) is 7.05 Å². The number of likely N-dealkylation sites (N-methyl/N-ethyl adjacent to an activating group) is 1. The molecule has 0 saturated carbocycles. The van der Waals surface area contributed by atoms with Gasteiger partial charge in [-0.3, -0.25) is 4.79 Å². The highest BCUT2D eigenvalue weighted by Gasteiger charge is 2.30. The van der Waals surface area contributed by atoms with Crippen molar-refractivity contribution in [2.24, 2.45) is 5.73 Å². The number of nitrogens with zero attached hydrogens (tertiary/aromatic N) is 1. The number of halogens is 2. The molecule has 0 aromatic rings. The number of nitrogens with two attached hydrogens (primary N) is 1. The van der Waals surface area contributed by atoms with Crippen LogP contribution in [0.15, 0.2) is 0 Å². The Morgan fingerprint density at radius 3 is 2.43 bits per heavy atom. The summed E-state index contributed by atoms with van der Waals surface area (Å²) in [5, 5.41) is 0. The lowest BCUT2D eigenvalue weighted by molar-refractivity contribution is -0.137. The summed E-state index contributed by atoms with van der Waals surface area (Å²) in [6.45, 7) is 2.90. The molecule has 0 aromatic heterocycles. The molecule has 0 rings (SSSR count). The molecule has 84 valence electrons. The van der Waals surface area contributed by atoms with Crippen LogP contribution in [-0.4, -0.2) is 36.4 Å². The summed E-state index contributed by atoms with van der Waals surface area (Å²) < 4.78 is 24.0. The zero-order chi connectivity index (χ0) is 11.4. The van der Waals surface area contributed by atoms with Crippen molar-refractivity contribution in [3.63, 3.8) is 0 Å². The molecule has 1 unspecified atom stereocenters. The van der Waals surface area contributed by atoms with E-state index in [1.807, 2.05) is 6.92 Å². The molecule has 0 aromatic carbocycles. The Labute approximate surface area is 83.3 Å². The van der Waals surface area contributed by atoms with Crippen LogP contribution in [0.1, 0.15) is 26.7 Å². The third kappa shape index (κ3) is 4.00. The number of carbonyl (C=O) groups is 1. The summed E-state index contributed by atoms with van der Waals surface area (Å²) in [7, 11) is 1.34. The average molecular weight is 208 g/mol. The molecular formula is C9H18F2N2O. The Morgan fingerprint density at radius 1 is 1.57 bits per heavy atom. The van der Waals surface area contributed by atoms with Crippen molar-refractivity contribution >= 4 is 5.91 Å². The van der Waals surface area contributed by atoms with Crippen molar-refractivity contribution in [2.45, 2.75) is 38.7 Å². The van der Waals surface area contributed by atoms with Gasteiger partial charge < -0.3 is 10.6 Å². The van der Waals surface area contributed by atoms with E-state index in [0.29, 0.717) is 6.42 Å². The minimum absolute atomic E-state index is 0.431. The number of rotatable bonds is 5. The van der Waals surface area contributed by atoms with Crippen LogP contribution >= 0.6 is 0 Å². The predicted octanol–water partition coefficient (Wildman–Crippen LogP) is 1.23. The topological polar surface area (TPSA) is 46.3 Å². The van der Waals surface area contributed by atoms with Gasteiger partial charge in [-0.25, -0.2) is 8.78 Å². The highest BCUT2D eigenvalue weighted by atomic mass is 19.3. The molecule has 3 nitrogen and oxygen atoms in total. The first-order valence-electron chi connectivity index (χ1n) is 4.64. The Hall–Kier alpha value is -0.710. The van der Waals surface area contributed by atoms with E-state index in [1.54, 1.807) is 6.92 Å². The molecule has 1 amide bonds. The molecule has 0 bridgehead atoms. The molecule has 5 heteroatoms. The van der Waals surface area contributed by atoms with Gasteiger partial charge in [0.25, 0.3) is 6.43 Å². The second-order valence-corrected chi connectivity index (χ2v) is 3.74. The molecule has 0 fully saturated rings. The smallest absolute Gasteiger partial charge is 0.255 e. The van der Waals surface area contributed by atoms with Crippen molar-refractivity contribution in [3.05, 3.63) is 0 Å². The van der Waals surface area contributed by atoms with Gasteiger partial charge in [-0.05, 0) is 13.3 Å². The lowest BCUT2D eigenvalue weighted by Gasteiger charge is -2.28.